The molecule has 0 aliphatic carbocycles. The highest BCUT2D eigenvalue weighted by molar-refractivity contribution is 5.74. The zero-order valence-corrected chi connectivity index (χ0v) is 19.3. The summed E-state index contributed by atoms with van der Waals surface area (Å²) < 4.78 is 0. The molecular formula is C31H27N3. The van der Waals surface area contributed by atoms with Crippen molar-refractivity contribution in [3.8, 4) is 33.9 Å². The Morgan fingerprint density at radius 3 is 1.74 bits per heavy atom. The second-order valence-electron chi connectivity index (χ2n) is 8.60. The lowest BCUT2D eigenvalue weighted by Crippen LogP contribution is -1.96. The summed E-state index contributed by atoms with van der Waals surface area (Å²) in [5.74, 6) is 0.544. The van der Waals surface area contributed by atoms with Crippen molar-refractivity contribution >= 4 is 0 Å². The Bertz CT molecular complexity index is 1270. The fourth-order valence-electron chi connectivity index (χ4n) is 4.18. The van der Waals surface area contributed by atoms with E-state index >= 15 is 0 Å². The number of aromatic nitrogens is 3. The van der Waals surface area contributed by atoms with Gasteiger partial charge in [-0.25, -0.2) is 4.98 Å². The number of hydrogen-bond acceptors (Lipinski definition) is 3. The number of hydrogen-bond donors (Lipinski definition) is 0. The van der Waals surface area contributed by atoms with E-state index in [0.29, 0.717) is 5.92 Å². The molecule has 0 aliphatic heterocycles. The predicted octanol–water partition coefficient (Wildman–Crippen LogP) is 7.61. The summed E-state index contributed by atoms with van der Waals surface area (Å²) in [5, 5.41) is 0. The van der Waals surface area contributed by atoms with Crippen molar-refractivity contribution < 1.29 is 0 Å². The van der Waals surface area contributed by atoms with Crippen molar-refractivity contribution in [3.63, 3.8) is 0 Å². The van der Waals surface area contributed by atoms with Crippen LogP contribution in [0.25, 0.3) is 33.9 Å². The molecule has 0 aliphatic rings. The SMILES string of the molecule is CC(CCc1ccc(-c2cc(-c3ccccn3)nc(-c3ccccn3)c2)cc1)c1ccccc1. The maximum Gasteiger partial charge on any atom is 0.0900 e. The molecule has 0 saturated carbocycles. The smallest absolute Gasteiger partial charge is 0.0900 e. The predicted molar refractivity (Wildman–Crippen MR) is 139 cm³/mol. The number of nitrogens with zero attached hydrogens (tertiary/aromatic N) is 3. The van der Waals surface area contributed by atoms with Crippen LogP contribution in [0.15, 0.2) is 116 Å². The van der Waals surface area contributed by atoms with Crippen molar-refractivity contribution in [2.75, 3.05) is 0 Å². The van der Waals surface area contributed by atoms with Crippen LogP contribution in [-0.2, 0) is 6.42 Å². The largest absolute Gasteiger partial charge is 0.255 e. The van der Waals surface area contributed by atoms with Crippen LogP contribution < -0.4 is 0 Å². The lowest BCUT2D eigenvalue weighted by Gasteiger charge is -2.12. The average Bonchev–Trinajstić information content (AvgIpc) is 2.93. The quantitative estimate of drug-likeness (QED) is 0.261. The first kappa shape index (κ1) is 21.7. The number of benzene rings is 2. The molecule has 166 valence electrons. The summed E-state index contributed by atoms with van der Waals surface area (Å²) in [5.41, 5.74) is 8.44. The molecule has 34 heavy (non-hydrogen) atoms. The van der Waals surface area contributed by atoms with Gasteiger partial charge >= 0.3 is 0 Å². The normalized spacial score (nSPS) is 11.8. The number of rotatable bonds is 7. The van der Waals surface area contributed by atoms with E-state index in [2.05, 4.69) is 83.6 Å². The van der Waals surface area contributed by atoms with Gasteiger partial charge in [0.15, 0.2) is 0 Å². The van der Waals surface area contributed by atoms with Crippen LogP contribution in [0.2, 0.25) is 0 Å². The molecule has 0 bridgehead atoms. The van der Waals surface area contributed by atoms with E-state index in [0.717, 1.165) is 46.7 Å². The van der Waals surface area contributed by atoms with Gasteiger partial charge in [-0.3, -0.25) is 9.97 Å². The Kier molecular flexibility index (Phi) is 6.53. The van der Waals surface area contributed by atoms with Gasteiger partial charge in [0.05, 0.1) is 22.8 Å². The van der Waals surface area contributed by atoms with Crippen LogP contribution in [0, 0.1) is 0 Å². The summed E-state index contributed by atoms with van der Waals surface area (Å²) in [4.78, 5) is 13.9. The molecule has 0 amide bonds. The number of aryl methyl sites for hydroxylation is 1. The van der Waals surface area contributed by atoms with Gasteiger partial charge in [0.1, 0.15) is 0 Å². The van der Waals surface area contributed by atoms with E-state index in [9.17, 15) is 0 Å². The molecule has 3 aromatic heterocycles. The number of pyridine rings is 3. The Labute approximate surface area is 201 Å². The molecule has 0 fully saturated rings. The minimum absolute atomic E-state index is 0.544. The van der Waals surface area contributed by atoms with Crippen LogP contribution in [0.1, 0.15) is 30.4 Å². The van der Waals surface area contributed by atoms with Gasteiger partial charge in [0.2, 0.25) is 0 Å². The van der Waals surface area contributed by atoms with E-state index < -0.39 is 0 Å². The van der Waals surface area contributed by atoms with Gasteiger partial charge in [0.25, 0.3) is 0 Å². The van der Waals surface area contributed by atoms with Gasteiger partial charge in [-0.05, 0) is 77.4 Å². The first-order chi connectivity index (χ1) is 16.8. The highest BCUT2D eigenvalue weighted by Gasteiger charge is 2.11. The highest BCUT2D eigenvalue weighted by Crippen LogP contribution is 2.29. The molecule has 3 heteroatoms. The molecule has 0 saturated heterocycles. The standard InChI is InChI=1S/C31H27N3/c1-23(25-9-3-2-4-10-25)13-14-24-15-17-26(18-16-24)27-21-30(28-11-5-7-19-32-28)34-31(22-27)29-12-6-8-20-33-29/h2-12,15-23H,13-14H2,1H3. The zero-order valence-electron chi connectivity index (χ0n) is 19.3. The zero-order chi connectivity index (χ0) is 23.2. The third-order valence-corrected chi connectivity index (χ3v) is 6.20. The van der Waals surface area contributed by atoms with Crippen molar-refractivity contribution in [3.05, 3.63) is 127 Å². The molecular weight excluding hydrogens is 414 g/mol. The third-order valence-electron chi connectivity index (χ3n) is 6.20. The van der Waals surface area contributed by atoms with E-state index in [1.807, 2.05) is 36.4 Å². The summed E-state index contributed by atoms with van der Waals surface area (Å²) in [6, 6.07) is 35.7. The van der Waals surface area contributed by atoms with Crippen molar-refractivity contribution in [2.24, 2.45) is 0 Å². The maximum atomic E-state index is 4.87. The summed E-state index contributed by atoms with van der Waals surface area (Å²) in [7, 11) is 0. The van der Waals surface area contributed by atoms with Crippen molar-refractivity contribution in [2.45, 2.75) is 25.7 Å². The molecule has 0 N–H and O–H groups in total. The first-order valence-electron chi connectivity index (χ1n) is 11.8. The van der Waals surface area contributed by atoms with Gasteiger partial charge in [0, 0.05) is 12.4 Å². The van der Waals surface area contributed by atoms with E-state index in [-0.39, 0.29) is 0 Å². The fourth-order valence-corrected chi connectivity index (χ4v) is 4.18. The van der Waals surface area contributed by atoms with Crippen LogP contribution in [0.4, 0.5) is 0 Å². The van der Waals surface area contributed by atoms with Gasteiger partial charge in [-0.2, -0.15) is 0 Å². The van der Waals surface area contributed by atoms with Gasteiger partial charge in [-0.1, -0.05) is 73.7 Å². The Hall–Kier alpha value is -4.11. The lowest BCUT2D eigenvalue weighted by molar-refractivity contribution is 0.679. The minimum atomic E-state index is 0.544. The van der Waals surface area contributed by atoms with Crippen molar-refractivity contribution in [1.82, 2.24) is 15.0 Å². The Balaban J connectivity index is 1.41. The van der Waals surface area contributed by atoms with Gasteiger partial charge < -0.3 is 0 Å². The molecule has 0 radical (unpaired) electrons. The second-order valence-corrected chi connectivity index (χ2v) is 8.60. The molecule has 1 unspecified atom stereocenters. The Morgan fingerprint density at radius 2 is 1.18 bits per heavy atom. The van der Waals surface area contributed by atoms with Crippen molar-refractivity contribution in [1.29, 1.82) is 0 Å². The molecule has 3 heterocycles. The van der Waals surface area contributed by atoms with Crippen LogP contribution in [-0.4, -0.2) is 15.0 Å². The monoisotopic (exact) mass is 441 g/mol. The Morgan fingerprint density at radius 1 is 0.588 bits per heavy atom. The van der Waals surface area contributed by atoms with Crippen LogP contribution in [0.5, 0.6) is 0 Å². The van der Waals surface area contributed by atoms with E-state index in [1.54, 1.807) is 12.4 Å². The average molecular weight is 442 g/mol. The first-order valence-corrected chi connectivity index (χ1v) is 11.8. The molecule has 1 atom stereocenters. The summed E-state index contributed by atoms with van der Waals surface area (Å²) in [6.45, 7) is 2.30. The second kappa shape index (κ2) is 10.2. The fraction of sp³-hybridized carbons (Fsp3) is 0.129. The van der Waals surface area contributed by atoms with Gasteiger partial charge in [-0.15, -0.1) is 0 Å². The molecule has 2 aromatic carbocycles. The van der Waals surface area contributed by atoms with E-state index in [4.69, 9.17) is 4.98 Å². The third kappa shape index (κ3) is 5.10. The topological polar surface area (TPSA) is 38.7 Å². The molecule has 5 rings (SSSR count). The lowest BCUT2D eigenvalue weighted by atomic mass is 9.93. The molecule has 0 spiro atoms. The van der Waals surface area contributed by atoms with Crippen LogP contribution in [0.3, 0.4) is 0 Å². The molecule has 3 nitrogen and oxygen atoms in total. The highest BCUT2D eigenvalue weighted by atomic mass is 14.8. The summed E-state index contributed by atoms with van der Waals surface area (Å²) in [6.07, 6.45) is 5.79. The molecule has 5 aromatic rings. The maximum absolute atomic E-state index is 4.87. The van der Waals surface area contributed by atoms with E-state index in [1.165, 1.54) is 11.1 Å². The van der Waals surface area contributed by atoms with Crippen LogP contribution >= 0.6 is 0 Å². The summed E-state index contributed by atoms with van der Waals surface area (Å²) >= 11 is 0. The minimum Gasteiger partial charge on any atom is -0.255 e.